The maximum absolute atomic E-state index is 10.1. The molecule has 84 valence electrons. The van der Waals surface area contributed by atoms with Crippen LogP contribution in [0.5, 0.6) is 0 Å². The molecule has 0 bridgehead atoms. The van der Waals surface area contributed by atoms with Crippen LogP contribution in [0.15, 0.2) is 35.2 Å². The molecule has 5 nitrogen and oxygen atoms in total. The van der Waals surface area contributed by atoms with E-state index in [1.54, 1.807) is 24.3 Å². The standard InChI is InChI=1S/C9H7N3O2.C2H6/c13-5-10-8-3-1-7(2-4-8)9-11-6-14-12-9;1-2/h1-6H,(H,10,13);1-2H3. The number of anilines is 1. The Balaban J connectivity index is 0.000000606. The molecule has 0 unspecified atom stereocenters. The maximum Gasteiger partial charge on any atom is 0.214 e. The van der Waals surface area contributed by atoms with Crippen molar-refractivity contribution < 1.29 is 9.32 Å². The monoisotopic (exact) mass is 219 g/mol. The first kappa shape index (κ1) is 11.9. The summed E-state index contributed by atoms with van der Waals surface area (Å²) >= 11 is 0. The van der Waals surface area contributed by atoms with Crippen molar-refractivity contribution in [1.29, 1.82) is 0 Å². The van der Waals surface area contributed by atoms with Gasteiger partial charge in [-0.3, -0.25) is 4.79 Å². The summed E-state index contributed by atoms with van der Waals surface area (Å²) in [6.07, 6.45) is 1.90. The number of carbonyl (C=O) groups is 1. The number of benzene rings is 1. The third kappa shape index (κ3) is 2.91. The molecular formula is C11H13N3O2. The van der Waals surface area contributed by atoms with E-state index < -0.39 is 0 Å². The lowest BCUT2D eigenvalue weighted by molar-refractivity contribution is -0.105. The smallest absolute Gasteiger partial charge is 0.214 e. The van der Waals surface area contributed by atoms with Crippen LogP contribution in [0.4, 0.5) is 5.69 Å². The molecule has 16 heavy (non-hydrogen) atoms. The number of aromatic nitrogens is 2. The van der Waals surface area contributed by atoms with Crippen LogP contribution in [0.3, 0.4) is 0 Å². The van der Waals surface area contributed by atoms with Crippen molar-refractivity contribution in [2.75, 3.05) is 5.32 Å². The van der Waals surface area contributed by atoms with Crippen LogP contribution in [0, 0.1) is 0 Å². The minimum Gasteiger partial charge on any atom is -0.342 e. The van der Waals surface area contributed by atoms with Gasteiger partial charge in [-0.05, 0) is 24.3 Å². The van der Waals surface area contributed by atoms with Gasteiger partial charge in [0.15, 0.2) is 0 Å². The van der Waals surface area contributed by atoms with Gasteiger partial charge >= 0.3 is 0 Å². The molecule has 1 N–H and O–H groups in total. The quantitative estimate of drug-likeness (QED) is 0.804. The predicted molar refractivity (Wildman–Crippen MR) is 60.8 cm³/mol. The van der Waals surface area contributed by atoms with Gasteiger partial charge in [0.05, 0.1) is 0 Å². The molecule has 1 amide bonds. The first-order valence-corrected chi connectivity index (χ1v) is 4.97. The summed E-state index contributed by atoms with van der Waals surface area (Å²) in [4.78, 5) is 14.0. The SMILES string of the molecule is CC.O=CNc1ccc(-c2ncon2)cc1. The Morgan fingerprint density at radius 2 is 1.94 bits per heavy atom. The number of nitrogens with one attached hydrogen (secondary N) is 1. The fraction of sp³-hybridized carbons (Fsp3) is 0.182. The Hall–Kier alpha value is -2.17. The Kier molecular flexibility index (Phi) is 4.72. The fourth-order valence-electron chi connectivity index (χ4n) is 1.08. The van der Waals surface area contributed by atoms with Crippen LogP contribution >= 0.6 is 0 Å². The second-order valence-electron chi connectivity index (χ2n) is 2.59. The van der Waals surface area contributed by atoms with Crippen molar-refractivity contribution in [1.82, 2.24) is 10.1 Å². The average Bonchev–Trinajstić information content (AvgIpc) is 2.87. The van der Waals surface area contributed by atoms with Gasteiger partial charge in [0.2, 0.25) is 18.6 Å². The number of rotatable bonds is 3. The topological polar surface area (TPSA) is 68.0 Å². The minimum absolute atomic E-state index is 0.530. The van der Waals surface area contributed by atoms with Crippen LogP contribution in [0.25, 0.3) is 11.4 Å². The number of carbonyl (C=O) groups excluding carboxylic acids is 1. The van der Waals surface area contributed by atoms with Gasteiger partial charge in [0.1, 0.15) is 0 Å². The number of amides is 1. The molecule has 1 aromatic heterocycles. The molecular weight excluding hydrogens is 206 g/mol. The molecule has 0 aliphatic carbocycles. The van der Waals surface area contributed by atoms with Gasteiger partial charge in [-0.25, -0.2) is 0 Å². The van der Waals surface area contributed by atoms with E-state index in [0.29, 0.717) is 12.2 Å². The zero-order valence-electron chi connectivity index (χ0n) is 9.18. The predicted octanol–water partition coefficient (Wildman–Crippen LogP) is 2.33. The molecule has 0 atom stereocenters. The van der Waals surface area contributed by atoms with Gasteiger partial charge < -0.3 is 9.84 Å². The summed E-state index contributed by atoms with van der Waals surface area (Å²) in [6.45, 7) is 4.00. The van der Waals surface area contributed by atoms with Crippen LogP contribution < -0.4 is 5.32 Å². The Labute approximate surface area is 93.5 Å². The molecule has 1 aromatic carbocycles. The van der Waals surface area contributed by atoms with Crippen LogP contribution in [0.1, 0.15) is 13.8 Å². The molecule has 5 heteroatoms. The van der Waals surface area contributed by atoms with E-state index in [4.69, 9.17) is 0 Å². The van der Waals surface area contributed by atoms with E-state index in [2.05, 4.69) is 20.0 Å². The van der Waals surface area contributed by atoms with Gasteiger partial charge in [-0.15, -0.1) is 0 Å². The van der Waals surface area contributed by atoms with Crippen LogP contribution in [-0.4, -0.2) is 16.6 Å². The summed E-state index contributed by atoms with van der Waals surface area (Å²) in [5.41, 5.74) is 1.57. The van der Waals surface area contributed by atoms with Crippen LogP contribution in [0.2, 0.25) is 0 Å². The van der Waals surface area contributed by atoms with E-state index >= 15 is 0 Å². The Bertz CT molecular complexity index is 409. The Morgan fingerprint density at radius 3 is 2.44 bits per heavy atom. The largest absolute Gasteiger partial charge is 0.342 e. The lowest BCUT2D eigenvalue weighted by atomic mass is 10.2. The first-order chi connectivity index (χ1) is 7.90. The van der Waals surface area contributed by atoms with Crippen molar-refractivity contribution >= 4 is 12.1 Å². The maximum atomic E-state index is 10.1. The lowest BCUT2D eigenvalue weighted by Crippen LogP contribution is -1.92. The second-order valence-corrected chi connectivity index (χ2v) is 2.59. The van der Waals surface area contributed by atoms with Crippen molar-refractivity contribution in [3.63, 3.8) is 0 Å². The molecule has 0 spiro atoms. The summed E-state index contributed by atoms with van der Waals surface area (Å²) in [7, 11) is 0. The van der Waals surface area contributed by atoms with Crippen molar-refractivity contribution in [3.8, 4) is 11.4 Å². The number of hydrogen-bond acceptors (Lipinski definition) is 4. The summed E-state index contributed by atoms with van der Waals surface area (Å²) < 4.78 is 4.61. The average molecular weight is 219 g/mol. The molecule has 0 aliphatic heterocycles. The summed E-state index contributed by atoms with van der Waals surface area (Å²) in [5.74, 6) is 0.530. The van der Waals surface area contributed by atoms with Crippen molar-refractivity contribution in [3.05, 3.63) is 30.7 Å². The minimum atomic E-state index is 0.530. The highest BCUT2D eigenvalue weighted by molar-refractivity contribution is 5.72. The number of nitrogens with zero attached hydrogens (tertiary/aromatic N) is 2. The summed E-state index contributed by atoms with van der Waals surface area (Å²) in [6, 6.07) is 7.13. The van der Waals surface area contributed by atoms with E-state index in [0.717, 1.165) is 11.3 Å². The first-order valence-electron chi connectivity index (χ1n) is 4.97. The summed E-state index contributed by atoms with van der Waals surface area (Å²) in [5, 5.41) is 6.22. The van der Waals surface area contributed by atoms with E-state index in [9.17, 15) is 4.79 Å². The fourth-order valence-corrected chi connectivity index (χ4v) is 1.08. The normalized spacial score (nSPS) is 8.88. The zero-order valence-corrected chi connectivity index (χ0v) is 9.18. The second kappa shape index (κ2) is 6.34. The third-order valence-electron chi connectivity index (χ3n) is 1.73. The molecule has 2 aromatic rings. The van der Waals surface area contributed by atoms with E-state index in [1.165, 1.54) is 6.39 Å². The van der Waals surface area contributed by atoms with Gasteiger partial charge in [-0.1, -0.05) is 19.0 Å². The van der Waals surface area contributed by atoms with Crippen molar-refractivity contribution in [2.45, 2.75) is 13.8 Å². The third-order valence-corrected chi connectivity index (χ3v) is 1.73. The molecule has 0 radical (unpaired) electrons. The van der Waals surface area contributed by atoms with Gasteiger partial charge in [0, 0.05) is 11.3 Å². The molecule has 0 aliphatic rings. The van der Waals surface area contributed by atoms with Crippen molar-refractivity contribution in [2.24, 2.45) is 0 Å². The zero-order chi connectivity index (χ0) is 11.8. The molecule has 0 fully saturated rings. The highest BCUT2D eigenvalue weighted by Crippen LogP contribution is 2.16. The lowest BCUT2D eigenvalue weighted by Gasteiger charge is -1.98. The molecule has 1 heterocycles. The van der Waals surface area contributed by atoms with E-state index in [-0.39, 0.29) is 0 Å². The molecule has 0 saturated carbocycles. The highest BCUT2D eigenvalue weighted by Gasteiger charge is 2.01. The number of hydrogen-bond donors (Lipinski definition) is 1. The van der Waals surface area contributed by atoms with Gasteiger partial charge in [-0.2, -0.15) is 4.98 Å². The van der Waals surface area contributed by atoms with E-state index in [1.807, 2.05) is 13.8 Å². The Morgan fingerprint density at radius 1 is 1.25 bits per heavy atom. The molecule has 0 saturated heterocycles. The highest BCUT2D eigenvalue weighted by atomic mass is 16.5. The van der Waals surface area contributed by atoms with Crippen LogP contribution in [-0.2, 0) is 4.79 Å². The molecule has 2 rings (SSSR count). The van der Waals surface area contributed by atoms with Gasteiger partial charge in [0.25, 0.3) is 0 Å².